The molecule has 2 aromatic carbocycles. The Morgan fingerprint density at radius 3 is 2.66 bits per heavy atom. The highest BCUT2D eigenvalue weighted by molar-refractivity contribution is 5.62. The highest BCUT2D eigenvalue weighted by atomic mass is 79.9. The van der Waals surface area contributed by atoms with E-state index >= 15 is 0 Å². The van der Waals surface area contributed by atoms with E-state index in [1.54, 1.807) is 23.0 Å². The Balaban J connectivity index is 0.00000245. The van der Waals surface area contributed by atoms with Crippen molar-refractivity contribution in [2.45, 2.75) is 32.2 Å². The van der Waals surface area contributed by atoms with E-state index < -0.39 is 0 Å². The Morgan fingerprint density at radius 1 is 1.06 bits per heavy atom. The lowest BCUT2D eigenvalue weighted by atomic mass is 10.1. The summed E-state index contributed by atoms with van der Waals surface area (Å²) in [5.41, 5.74) is 2.57. The molecule has 3 heterocycles. The number of nitro benzene ring substituents is 1. The minimum Gasteiger partial charge on any atom is -1.00 e. The molecule has 0 amide bonds. The molecule has 0 aliphatic carbocycles. The van der Waals surface area contributed by atoms with Gasteiger partial charge in [0.15, 0.2) is 0 Å². The van der Waals surface area contributed by atoms with Crippen molar-refractivity contribution >= 4 is 5.69 Å². The van der Waals surface area contributed by atoms with Gasteiger partial charge in [-0.2, -0.15) is 9.25 Å². The summed E-state index contributed by atoms with van der Waals surface area (Å²) in [6.45, 7) is 0.820. The number of hydrogen-bond acceptors (Lipinski definition) is 4. The van der Waals surface area contributed by atoms with Crippen molar-refractivity contribution in [2.75, 3.05) is 0 Å². The zero-order valence-electron chi connectivity index (χ0n) is 17.3. The SMILES string of the molecule is O=[N+]([O-])c1cccc(-c2c[n+](-c3nn(-c4ccccc4)cc3O)c3n2CCCCC3)c1.[Br-]. The van der Waals surface area contributed by atoms with Crippen molar-refractivity contribution in [3.05, 3.63) is 82.9 Å². The van der Waals surface area contributed by atoms with Gasteiger partial charge in [-0.3, -0.25) is 14.7 Å². The average Bonchev–Trinajstić information content (AvgIpc) is 3.25. The number of imidazole rings is 1. The van der Waals surface area contributed by atoms with Gasteiger partial charge in [0.25, 0.3) is 5.69 Å². The molecule has 0 radical (unpaired) electrons. The molecule has 0 unspecified atom stereocenters. The number of rotatable bonds is 4. The number of aromatic hydroxyl groups is 1. The molecule has 0 saturated heterocycles. The van der Waals surface area contributed by atoms with Crippen LogP contribution >= 0.6 is 0 Å². The van der Waals surface area contributed by atoms with E-state index in [1.165, 1.54) is 6.07 Å². The number of nitro groups is 1. The van der Waals surface area contributed by atoms with Crippen LogP contribution in [0, 0.1) is 10.1 Å². The van der Waals surface area contributed by atoms with Gasteiger partial charge in [0.1, 0.15) is 11.9 Å². The molecule has 1 aliphatic rings. The highest BCUT2D eigenvalue weighted by Gasteiger charge is 2.29. The van der Waals surface area contributed by atoms with Crippen LogP contribution in [0.25, 0.3) is 22.8 Å². The van der Waals surface area contributed by atoms with Crippen LogP contribution in [0.2, 0.25) is 0 Å². The summed E-state index contributed by atoms with van der Waals surface area (Å²) in [4.78, 5) is 10.9. The lowest BCUT2D eigenvalue weighted by molar-refractivity contribution is -0.608. The number of benzene rings is 2. The number of nitrogens with zero attached hydrogens (tertiary/aromatic N) is 5. The van der Waals surface area contributed by atoms with E-state index in [9.17, 15) is 15.2 Å². The lowest BCUT2D eigenvalue weighted by Crippen LogP contribution is -3.00. The first kappa shape index (κ1) is 21.8. The normalized spacial score (nSPS) is 13.1. The minimum atomic E-state index is -0.378. The van der Waals surface area contributed by atoms with Crippen molar-refractivity contribution < 1.29 is 31.6 Å². The summed E-state index contributed by atoms with van der Waals surface area (Å²) in [6.07, 6.45) is 7.56. The van der Waals surface area contributed by atoms with E-state index in [2.05, 4.69) is 9.67 Å². The molecule has 5 rings (SSSR count). The molecular formula is C23H22BrN5O3. The van der Waals surface area contributed by atoms with E-state index in [-0.39, 0.29) is 33.3 Å². The maximum Gasteiger partial charge on any atom is 0.334 e. The number of fused-ring (bicyclic) bond motifs is 1. The monoisotopic (exact) mass is 495 g/mol. The molecule has 1 N–H and O–H groups in total. The molecule has 0 fully saturated rings. The summed E-state index contributed by atoms with van der Waals surface area (Å²) in [5.74, 6) is 1.57. The van der Waals surface area contributed by atoms with E-state index in [4.69, 9.17) is 0 Å². The molecule has 9 heteroatoms. The summed E-state index contributed by atoms with van der Waals surface area (Å²) in [6, 6.07) is 16.3. The fourth-order valence-corrected chi connectivity index (χ4v) is 4.20. The minimum absolute atomic E-state index is 0. The molecule has 32 heavy (non-hydrogen) atoms. The van der Waals surface area contributed by atoms with Crippen LogP contribution in [0.4, 0.5) is 5.69 Å². The van der Waals surface area contributed by atoms with Crippen molar-refractivity contribution in [1.82, 2.24) is 14.3 Å². The molecule has 4 aromatic rings. The van der Waals surface area contributed by atoms with Crippen molar-refractivity contribution in [2.24, 2.45) is 0 Å². The van der Waals surface area contributed by atoms with Crippen LogP contribution in [0.5, 0.6) is 5.75 Å². The van der Waals surface area contributed by atoms with Crippen molar-refractivity contribution in [1.29, 1.82) is 0 Å². The average molecular weight is 496 g/mol. The van der Waals surface area contributed by atoms with Gasteiger partial charge in [0.2, 0.25) is 11.6 Å². The molecule has 8 nitrogen and oxygen atoms in total. The van der Waals surface area contributed by atoms with Gasteiger partial charge >= 0.3 is 5.82 Å². The van der Waals surface area contributed by atoms with E-state index in [1.807, 2.05) is 47.2 Å². The molecule has 0 saturated carbocycles. The summed E-state index contributed by atoms with van der Waals surface area (Å²) < 4.78 is 5.78. The predicted molar refractivity (Wildman–Crippen MR) is 114 cm³/mol. The molecule has 0 bridgehead atoms. The van der Waals surface area contributed by atoms with E-state index in [0.717, 1.165) is 55.0 Å². The van der Waals surface area contributed by atoms with Crippen LogP contribution < -0.4 is 21.5 Å². The van der Waals surface area contributed by atoms with Crippen LogP contribution in [0.1, 0.15) is 25.1 Å². The maximum atomic E-state index is 11.3. The molecule has 2 aromatic heterocycles. The second kappa shape index (κ2) is 8.96. The van der Waals surface area contributed by atoms with E-state index in [0.29, 0.717) is 5.82 Å². The third-order valence-electron chi connectivity index (χ3n) is 5.69. The largest absolute Gasteiger partial charge is 1.00 e. The van der Waals surface area contributed by atoms with Gasteiger partial charge in [-0.05, 0) is 36.5 Å². The van der Waals surface area contributed by atoms with Gasteiger partial charge < -0.3 is 22.1 Å². The van der Waals surface area contributed by atoms with Crippen molar-refractivity contribution in [3.63, 3.8) is 0 Å². The Hall–Kier alpha value is -3.46. The second-order valence-corrected chi connectivity index (χ2v) is 7.69. The van der Waals surface area contributed by atoms with Gasteiger partial charge in [-0.25, -0.2) is 0 Å². The van der Waals surface area contributed by atoms with Crippen molar-refractivity contribution in [3.8, 4) is 28.5 Å². The van der Waals surface area contributed by atoms with Crippen LogP contribution in [0.3, 0.4) is 0 Å². The topological polar surface area (TPSA) is 90.0 Å². The number of halogens is 1. The first-order chi connectivity index (χ1) is 15.1. The highest BCUT2D eigenvalue weighted by Crippen LogP contribution is 2.29. The molecule has 164 valence electrons. The first-order valence-electron chi connectivity index (χ1n) is 10.3. The number of para-hydroxylation sites is 1. The number of aromatic nitrogens is 4. The zero-order valence-corrected chi connectivity index (χ0v) is 18.9. The lowest BCUT2D eigenvalue weighted by Gasteiger charge is -2.04. The standard InChI is InChI=1S/C23H21N5O3.BrH/c29-21-16-27(18-9-3-1-4-10-18)24-23(21)26-15-20(25-13-6-2-5-12-22(25)26)17-8-7-11-19(14-17)28(30)31;/h1,3-4,7-11,14-16H,2,5-6,12-13H2;1H. The smallest absolute Gasteiger partial charge is 0.334 e. The zero-order chi connectivity index (χ0) is 21.4. The molecule has 0 spiro atoms. The van der Waals surface area contributed by atoms with Crippen LogP contribution in [-0.2, 0) is 13.0 Å². The first-order valence-corrected chi connectivity index (χ1v) is 10.3. The number of hydrogen-bond donors (Lipinski definition) is 1. The Morgan fingerprint density at radius 2 is 1.88 bits per heavy atom. The Bertz CT molecular complexity index is 1270. The van der Waals surface area contributed by atoms with Gasteiger partial charge in [-0.1, -0.05) is 30.3 Å². The Kier molecular flexibility index (Phi) is 6.09. The molecular weight excluding hydrogens is 474 g/mol. The van der Waals surface area contributed by atoms with Gasteiger partial charge in [-0.15, -0.1) is 0 Å². The van der Waals surface area contributed by atoms with Crippen LogP contribution in [0.15, 0.2) is 67.0 Å². The summed E-state index contributed by atoms with van der Waals surface area (Å²) in [7, 11) is 0. The fraction of sp³-hybridized carbons (Fsp3) is 0.217. The maximum absolute atomic E-state index is 11.3. The third kappa shape index (κ3) is 3.91. The number of non-ortho nitro benzene ring substituents is 1. The predicted octanol–water partition coefficient (Wildman–Crippen LogP) is 0.962. The van der Waals surface area contributed by atoms with Gasteiger partial charge in [0.05, 0.1) is 23.4 Å². The third-order valence-corrected chi connectivity index (χ3v) is 5.69. The van der Waals surface area contributed by atoms with Gasteiger partial charge in [0, 0.05) is 24.1 Å². The quantitative estimate of drug-likeness (QED) is 0.259. The summed E-state index contributed by atoms with van der Waals surface area (Å²) in [5, 5.41) is 26.6. The van der Waals surface area contributed by atoms with Crippen LogP contribution in [-0.4, -0.2) is 24.4 Å². The molecule has 1 aliphatic heterocycles. The summed E-state index contributed by atoms with van der Waals surface area (Å²) >= 11 is 0. The Labute approximate surface area is 195 Å². The molecule has 0 atom stereocenters. The second-order valence-electron chi connectivity index (χ2n) is 7.69. The fourth-order valence-electron chi connectivity index (χ4n) is 4.20.